The lowest BCUT2D eigenvalue weighted by atomic mass is 9.95. The number of benzene rings is 2. The third kappa shape index (κ3) is 4.09. The molecule has 1 saturated heterocycles. The largest absolute Gasteiger partial charge is 0.507 e. The van der Waals surface area contributed by atoms with Crippen LogP contribution in [0.5, 0.6) is 5.75 Å². The van der Waals surface area contributed by atoms with Gasteiger partial charge in [0, 0.05) is 24.5 Å². The predicted molar refractivity (Wildman–Crippen MR) is 116 cm³/mol. The summed E-state index contributed by atoms with van der Waals surface area (Å²) in [6.45, 7) is 2.44. The van der Waals surface area contributed by atoms with Crippen molar-refractivity contribution in [1.29, 1.82) is 0 Å². The van der Waals surface area contributed by atoms with Gasteiger partial charge in [0.25, 0.3) is 11.7 Å². The monoisotopic (exact) mass is 432 g/mol. The molecule has 0 saturated carbocycles. The summed E-state index contributed by atoms with van der Waals surface area (Å²) in [5, 5.41) is 11.0. The molecule has 32 heavy (non-hydrogen) atoms. The summed E-state index contributed by atoms with van der Waals surface area (Å²) >= 11 is 0. The van der Waals surface area contributed by atoms with E-state index in [1.54, 1.807) is 48.8 Å². The molecular formula is C25H21FN2O4. The molecule has 1 aliphatic heterocycles. The van der Waals surface area contributed by atoms with E-state index in [1.165, 1.54) is 29.2 Å². The zero-order valence-corrected chi connectivity index (χ0v) is 17.4. The van der Waals surface area contributed by atoms with Crippen LogP contribution in [-0.4, -0.2) is 33.3 Å². The summed E-state index contributed by atoms with van der Waals surface area (Å²) in [4.78, 5) is 31.6. The number of ether oxygens (including phenoxy) is 1. The Bertz CT molecular complexity index is 1180. The maximum atomic E-state index is 13.4. The molecule has 1 aromatic heterocycles. The number of hydrogen-bond acceptors (Lipinski definition) is 5. The highest BCUT2D eigenvalue weighted by atomic mass is 19.1. The van der Waals surface area contributed by atoms with Crippen molar-refractivity contribution in [3.8, 4) is 5.75 Å². The first-order valence-electron chi connectivity index (χ1n) is 10.2. The van der Waals surface area contributed by atoms with Gasteiger partial charge < -0.3 is 14.7 Å². The molecule has 3 aromatic rings. The average molecular weight is 432 g/mol. The van der Waals surface area contributed by atoms with Gasteiger partial charge in [-0.2, -0.15) is 0 Å². The third-order valence-corrected chi connectivity index (χ3v) is 5.22. The minimum absolute atomic E-state index is 0.0563. The van der Waals surface area contributed by atoms with E-state index >= 15 is 0 Å². The highest BCUT2D eigenvalue weighted by Crippen LogP contribution is 2.41. The van der Waals surface area contributed by atoms with Gasteiger partial charge in [0.1, 0.15) is 17.3 Å². The number of hydrogen-bond donors (Lipinski definition) is 1. The Morgan fingerprint density at radius 2 is 1.91 bits per heavy atom. The maximum absolute atomic E-state index is 13.4. The van der Waals surface area contributed by atoms with Crippen molar-refractivity contribution in [2.24, 2.45) is 0 Å². The fourth-order valence-corrected chi connectivity index (χ4v) is 3.78. The summed E-state index contributed by atoms with van der Waals surface area (Å²) in [6, 6.07) is 14.9. The van der Waals surface area contributed by atoms with Crippen LogP contribution in [0.25, 0.3) is 5.76 Å². The number of rotatable bonds is 6. The van der Waals surface area contributed by atoms with Crippen LogP contribution in [0.15, 0.2) is 78.6 Å². The number of ketones is 1. The fourth-order valence-electron chi connectivity index (χ4n) is 3.78. The number of Topliss-reactive ketones (excluding diaryl/α,β-unsaturated/α-hetero) is 1. The van der Waals surface area contributed by atoms with Gasteiger partial charge in [-0.1, -0.05) is 18.2 Å². The van der Waals surface area contributed by atoms with E-state index in [0.717, 1.165) is 5.56 Å². The zero-order chi connectivity index (χ0) is 22.7. The van der Waals surface area contributed by atoms with Crippen LogP contribution in [0, 0.1) is 5.82 Å². The van der Waals surface area contributed by atoms with Crippen molar-refractivity contribution < 1.29 is 23.8 Å². The number of pyridine rings is 1. The molecule has 0 aliphatic carbocycles. The summed E-state index contributed by atoms with van der Waals surface area (Å²) < 4.78 is 19.0. The van der Waals surface area contributed by atoms with Gasteiger partial charge in [-0.05, 0) is 60.5 Å². The molecule has 1 amide bonds. The third-order valence-electron chi connectivity index (χ3n) is 5.22. The van der Waals surface area contributed by atoms with Crippen molar-refractivity contribution >= 4 is 17.4 Å². The number of carbonyl (C=O) groups is 2. The molecule has 0 bridgehead atoms. The molecule has 1 atom stereocenters. The first-order chi connectivity index (χ1) is 15.5. The number of aliphatic hydroxyl groups excluding tert-OH is 1. The van der Waals surface area contributed by atoms with Gasteiger partial charge >= 0.3 is 0 Å². The highest BCUT2D eigenvalue weighted by Gasteiger charge is 2.46. The van der Waals surface area contributed by atoms with Gasteiger partial charge in [-0.25, -0.2) is 4.39 Å². The van der Waals surface area contributed by atoms with Crippen LogP contribution >= 0.6 is 0 Å². The maximum Gasteiger partial charge on any atom is 0.295 e. The molecule has 0 radical (unpaired) electrons. The topological polar surface area (TPSA) is 79.7 Å². The molecule has 4 rings (SSSR count). The van der Waals surface area contributed by atoms with Crippen LogP contribution in [0.2, 0.25) is 0 Å². The minimum atomic E-state index is -0.847. The zero-order valence-electron chi connectivity index (χ0n) is 17.4. The quantitative estimate of drug-likeness (QED) is 0.358. The van der Waals surface area contributed by atoms with E-state index < -0.39 is 23.5 Å². The van der Waals surface area contributed by atoms with Crippen LogP contribution in [0.3, 0.4) is 0 Å². The number of carbonyl (C=O) groups excluding carboxylic acids is 2. The number of likely N-dealkylation sites (tertiary alicyclic amines) is 1. The molecule has 2 heterocycles. The molecule has 1 fully saturated rings. The molecule has 162 valence electrons. The van der Waals surface area contributed by atoms with Crippen LogP contribution < -0.4 is 4.74 Å². The lowest BCUT2D eigenvalue weighted by Gasteiger charge is -2.25. The van der Waals surface area contributed by atoms with Crippen molar-refractivity contribution in [1.82, 2.24) is 9.88 Å². The number of nitrogens with zero attached hydrogens (tertiary/aromatic N) is 2. The Kier molecular flexibility index (Phi) is 5.98. The van der Waals surface area contributed by atoms with E-state index in [9.17, 15) is 19.1 Å². The molecule has 2 aromatic carbocycles. The van der Waals surface area contributed by atoms with Crippen molar-refractivity contribution in [3.63, 3.8) is 0 Å². The van der Waals surface area contributed by atoms with Crippen LogP contribution in [0.1, 0.15) is 29.7 Å². The van der Waals surface area contributed by atoms with Crippen molar-refractivity contribution in [2.75, 3.05) is 6.61 Å². The lowest BCUT2D eigenvalue weighted by Crippen LogP contribution is -2.29. The SMILES string of the molecule is CCOc1cccc([C@@H]2C(=C(O)c3ccc(F)cc3)C(=O)C(=O)N2Cc2cccnc2)c1. The van der Waals surface area contributed by atoms with E-state index in [-0.39, 0.29) is 23.4 Å². The van der Waals surface area contributed by atoms with Gasteiger partial charge in [-0.3, -0.25) is 14.6 Å². The van der Waals surface area contributed by atoms with E-state index in [1.807, 2.05) is 6.92 Å². The Morgan fingerprint density at radius 3 is 2.59 bits per heavy atom. The Balaban J connectivity index is 1.86. The second-order valence-corrected chi connectivity index (χ2v) is 7.30. The molecule has 0 spiro atoms. The first kappa shape index (κ1) is 21.2. The highest BCUT2D eigenvalue weighted by molar-refractivity contribution is 6.46. The first-order valence-corrected chi connectivity index (χ1v) is 10.2. The Morgan fingerprint density at radius 1 is 1.12 bits per heavy atom. The second-order valence-electron chi connectivity index (χ2n) is 7.30. The number of aromatic nitrogens is 1. The van der Waals surface area contributed by atoms with Gasteiger partial charge in [0.05, 0.1) is 18.2 Å². The Hall–Kier alpha value is -4.00. The van der Waals surface area contributed by atoms with Crippen LogP contribution in [0.4, 0.5) is 4.39 Å². The summed E-state index contributed by atoms with van der Waals surface area (Å²) in [6.07, 6.45) is 3.24. The number of halogens is 1. The second kappa shape index (κ2) is 9.01. The minimum Gasteiger partial charge on any atom is -0.507 e. The average Bonchev–Trinajstić information content (AvgIpc) is 3.05. The number of aliphatic hydroxyl groups is 1. The van der Waals surface area contributed by atoms with Crippen molar-refractivity contribution in [3.05, 3.63) is 101 Å². The van der Waals surface area contributed by atoms with Crippen molar-refractivity contribution in [2.45, 2.75) is 19.5 Å². The Labute approximate surface area is 184 Å². The van der Waals surface area contributed by atoms with Gasteiger partial charge in [-0.15, -0.1) is 0 Å². The fraction of sp³-hybridized carbons (Fsp3) is 0.160. The standard InChI is InChI=1S/C25H21FN2O4/c1-2-32-20-7-3-6-18(13-20)22-21(23(29)17-8-10-19(26)11-9-17)24(30)25(31)28(22)15-16-5-4-12-27-14-16/h3-14,22,29H,2,15H2,1H3/t22-/m1/s1. The number of amides is 1. The normalized spacial score (nSPS) is 17.6. The van der Waals surface area contributed by atoms with E-state index in [2.05, 4.69) is 4.98 Å². The van der Waals surface area contributed by atoms with E-state index in [4.69, 9.17) is 4.74 Å². The molecule has 1 N–H and O–H groups in total. The summed E-state index contributed by atoms with van der Waals surface area (Å²) in [5.74, 6) is -1.78. The molecule has 7 heteroatoms. The summed E-state index contributed by atoms with van der Waals surface area (Å²) in [7, 11) is 0. The molecule has 0 unspecified atom stereocenters. The summed E-state index contributed by atoms with van der Waals surface area (Å²) in [5.41, 5.74) is 1.54. The molecule has 6 nitrogen and oxygen atoms in total. The molecule has 1 aliphatic rings. The molecular weight excluding hydrogens is 411 g/mol. The van der Waals surface area contributed by atoms with Gasteiger partial charge in [0.15, 0.2) is 0 Å². The van der Waals surface area contributed by atoms with E-state index in [0.29, 0.717) is 17.9 Å². The van der Waals surface area contributed by atoms with Gasteiger partial charge in [0.2, 0.25) is 0 Å². The predicted octanol–water partition coefficient (Wildman–Crippen LogP) is 4.24. The van der Waals surface area contributed by atoms with Crippen LogP contribution in [-0.2, 0) is 16.1 Å². The lowest BCUT2D eigenvalue weighted by molar-refractivity contribution is -0.140. The smallest absolute Gasteiger partial charge is 0.295 e.